The molecule has 0 aliphatic heterocycles. The normalized spacial score (nSPS) is 13.9. The van der Waals surface area contributed by atoms with Crippen LogP contribution in [-0.4, -0.2) is 59.2 Å². The number of carbonyl (C=O) groups is 2. The van der Waals surface area contributed by atoms with E-state index in [0.717, 1.165) is 5.56 Å². The molecule has 9 heteroatoms. The highest BCUT2D eigenvalue weighted by atomic mass is 16.5. The van der Waals surface area contributed by atoms with Crippen LogP contribution >= 0.6 is 0 Å². The second-order valence-electron chi connectivity index (χ2n) is 7.82. The molecule has 0 radical (unpaired) electrons. The van der Waals surface area contributed by atoms with E-state index in [1.165, 1.54) is 7.11 Å². The molecule has 166 valence electrons. The molecule has 2 amide bonds. The summed E-state index contributed by atoms with van der Waals surface area (Å²) >= 11 is 0. The Morgan fingerprint density at radius 3 is 2.29 bits per heavy atom. The summed E-state index contributed by atoms with van der Waals surface area (Å²) in [6, 6.07) is 13.5. The Morgan fingerprint density at radius 2 is 1.71 bits per heavy atom. The number of methoxy groups -OCH3 is 1. The molecule has 1 aromatic carbocycles. The van der Waals surface area contributed by atoms with Crippen LogP contribution in [0.25, 0.3) is 11.3 Å². The summed E-state index contributed by atoms with van der Waals surface area (Å²) in [6.07, 6.45) is -0.289. The second kappa shape index (κ2) is 11.6. The molecule has 3 atom stereocenters. The number of benzene rings is 1. The molecule has 8 nitrogen and oxygen atoms in total. The third-order valence-corrected chi connectivity index (χ3v) is 4.87. The maximum Gasteiger partial charge on any atom is 0.475 e. The molecule has 0 saturated heterocycles. The number of aromatic nitrogens is 1. The van der Waals surface area contributed by atoms with Gasteiger partial charge in [-0.05, 0) is 31.4 Å². The average Bonchev–Trinajstić information content (AvgIpc) is 2.76. The summed E-state index contributed by atoms with van der Waals surface area (Å²) in [5, 5.41) is 24.5. The molecular formula is C22H30BN3O5. The number of carbonyl (C=O) groups excluding carboxylic acids is 2. The van der Waals surface area contributed by atoms with Gasteiger partial charge < -0.3 is 25.4 Å². The summed E-state index contributed by atoms with van der Waals surface area (Å²) in [7, 11) is -0.289. The van der Waals surface area contributed by atoms with Crippen LogP contribution in [0.3, 0.4) is 0 Å². The second-order valence-corrected chi connectivity index (χ2v) is 7.82. The molecule has 31 heavy (non-hydrogen) atoms. The molecular weight excluding hydrogens is 397 g/mol. The monoisotopic (exact) mass is 427 g/mol. The lowest BCUT2D eigenvalue weighted by molar-refractivity contribution is -0.126. The van der Waals surface area contributed by atoms with E-state index < -0.39 is 37.0 Å². The number of hydrogen-bond donors (Lipinski definition) is 4. The van der Waals surface area contributed by atoms with E-state index in [2.05, 4.69) is 15.6 Å². The van der Waals surface area contributed by atoms with Crippen LogP contribution in [0.5, 0.6) is 0 Å². The van der Waals surface area contributed by atoms with E-state index in [1.807, 2.05) is 44.2 Å². The fourth-order valence-electron chi connectivity index (χ4n) is 3.11. The molecule has 0 fully saturated rings. The fraction of sp³-hybridized carbons (Fsp3) is 0.409. The zero-order chi connectivity index (χ0) is 23.0. The van der Waals surface area contributed by atoms with Crippen molar-refractivity contribution >= 4 is 18.9 Å². The highest BCUT2D eigenvalue weighted by Crippen LogP contribution is 2.16. The zero-order valence-electron chi connectivity index (χ0n) is 18.3. The number of hydrogen-bond acceptors (Lipinski definition) is 6. The number of rotatable bonds is 10. The number of ether oxygens (including phenoxy) is 1. The molecule has 2 aromatic rings. The Bertz CT molecular complexity index is 863. The smallest absolute Gasteiger partial charge is 0.426 e. The molecule has 1 heterocycles. The minimum atomic E-state index is -1.72. The highest BCUT2D eigenvalue weighted by Gasteiger charge is 2.33. The Kier molecular flexibility index (Phi) is 9.17. The molecule has 2 rings (SSSR count). The van der Waals surface area contributed by atoms with Crippen molar-refractivity contribution < 1.29 is 24.4 Å². The van der Waals surface area contributed by atoms with Crippen LogP contribution in [0, 0.1) is 5.92 Å². The van der Waals surface area contributed by atoms with Gasteiger partial charge in [0.15, 0.2) is 0 Å². The van der Waals surface area contributed by atoms with Gasteiger partial charge in [0.2, 0.25) is 5.91 Å². The lowest BCUT2D eigenvalue weighted by atomic mass is 9.75. The molecule has 0 spiro atoms. The van der Waals surface area contributed by atoms with Gasteiger partial charge in [-0.1, -0.05) is 50.2 Å². The first-order chi connectivity index (χ1) is 14.7. The van der Waals surface area contributed by atoms with Gasteiger partial charge in [0.05, 0.1) is 17.7 Å². The van der Waals surface area contributed by atoms with Crippen LogP contribution in [0.15, 0.2) is 48.5 Å². The van der Waals surface area contributed by atoms with Gasteiger partial charge in [-0.2, -0.15) is 0 Å². The van der Waals surface area contributed by atoms with Gasteiger partial charge in [0, 0.05) is 12.7 Å². The van der Waals surface area contributed by atoms with E-state index in [-0.39, 0.29) is 11.6 Å². The molecule has 0 aliphatic rings. The molecule has 0 aliphatic carbocycles. The number of nitrogens with one attached hydrogen (secondary N) is 2. The topological polar surface area (TPSA) is 121 Å². The first-order valence-electron chi connectivity index (χ1n) is 10.3. The number of pyridine rings is 1. The standard InChI is InChI=1S/C22H30BN3O5/c1-14(2)13-19(23(29)30)25-22(28)20(15(3)31-4)26-21(27)18-12-8-11-17(24-18)16-9-6-5-7-10-16/h5-12,14-15,19-20,29-30H,13H2,1-4H3,(H,25,28)(H,26,27)/t15-,19+,20+/m1/s1. The summed E-state index contributed by atoms with van der Waals surface area (Å²) in [5.41, 5.74) is 1.66. The maximum absolute atomic E-state index is 12.9. The average molecular weight is 427 g/mol. The lowest BCUT2D eigenvalue weighted by Gasteiger charge is -2.27. The van der Waals surface area contributed by atoms with Crippen LogP contribution in [-0.2, 0) is 9.53 Å². The van der Waals surface area contributed by atoms with Gasteiger partial charge >= 0.3 is 7.12 Å². The Morgan fingerprint density at radius 1 is 1.03 bits per heavy atom. The largest absolute Gasteiger partial charge is 0.475 e. The van der Waals surface area contributed by atoms with Gasteiger partial charge in [0.25, 0.3) is 5.91 Å². The van der Waals surface area contributed by atoms with Gasteiger partial charge in [-0.3, -0.25) is 9.59 Å². The van der Waals surface area contributed by atoms with Crippen molar-refractivity contribution in [3.8, 4) is 11.3 Å². The zero-order valence-corrected chi connectivity index (χ0v) is 18.3. The quantitative estimate of drug-likeness (QED) is 0.426. The van der Waals surface area contributed by atoms with E-state index >= 15 is 0 Å². The summed E-state index contributed by atoms with van der Waals surface area (Å²) in [5.74, 6) is -1.84. The summed E-state index contributed by atoms with van der Waals surface area (Å²) in [4.78, 5) is 30.1. The van der Waals surface area contributed by atoms with E-state index in [0.29, 0.717) is 12.1 Å². The minimum absolute atomic E-state index is 0.130. The molecule has 0 saturated carbocycles. The Labute approximate surface area is 183 Å². The van der Waals surface area contributed by atoms with Gasteiger partial charge in [0.1, 0.15) is 11.7 Å². The van der Waals surface area contributed by atoms with Crippen LogP contribution in [0.4, 0.5) is 0 Å². The predicted molar refractivity (Wildman–Crippen MR) is 119 cm³/mol. The number of amides is 2. The SMILES string of the molecule is CO[C@H](C)[C@H](NC(=O)c1cccc(-c2ccccc2)n1)C(=O)N[C@@H](CC(C)C)B(O)O. The van der Waals surface area contributed by atoms with Crippen molar-refractivity contribution in [1.82, 2.24) is 15.6 Å². The molecule has 0 unspecified atom stereocenters. The van der Waals surface area contributed by atoms with E-state index in [1.54, 1.807) is 25.1 Å². The van der Waals surface area contributed by atoms with Gasteiger partial charge in [-0.15, -0.1) is 0 Å². The minimum Gasteiger partial charge on any atom is -0.426 e. The van der Waals surface area contributed by atoms with Crippen molar-refractivity contribution in [3.05, 3.63) is 54.2 Å². The highest BCUT2D eigenvalue weighted by molar-refractivity contribution is 6.43. The molecule has 4 N–H and O–H groups in total. The maximum atomic E-state index is 12.9. The third-order valence-electron chi connectivity index (χ3n) is 4.87. The number of nitrogens with zero attached hydrogens (tertiary/aromatic N) is 1. The predicted octanol–water partition coefficient (Wildman–Crippen LogP) is 1.42. The first-order valence-corrected chi connectivity index (χ1v) is 10.3. The lowest BCUT2D eigenvalue weighted by Crippen LogP contribution is -2.57. The van der Waals surface area contributed by atoms with Crippen molar-refractivity contribution in [3.63, 3.8) is 0 Å². The van der Waals surface area contributed by atoms with E-state index in [9.17, 15) is 19.6 Å². The molecule has 1 aromatic heterocycles. The van der Waals surface area contributed by atoms with Crippen molar-refractivity contribution in [2.45, 2.75) is 45.3 Å². The van der Waals surface area contributed by atoms with Crippen LogP contribution in [0.2, 0.25) is 0 Å². The van der Waals surface area contributed by atoms with Crippen LogP contribution in [0.1, 0.15) is 37.7 Å². The molecule has 0 bridgehead atoms. The van der Waals surface area contributed by atoms with Gasteiger partial charge in [-0.25, -0.2) is 4.98 Å². The van der Waals surface area contributed by atoms with Crippen molar-refractivity contribution in [2.75, 3.05) is 7.11 Å². The summed E-state index contributed by atoms with van der Waals surface area (Å²) in [6.45, 7) is 5.46. The van der Waals surface area contributed by atoms with E-state index in [4.69, 9.17) is 4.74 Å². The third kappa shape index (κ3) is 7.17. The van der Waals surface area contributed by atoms with Crippen molar-refractivity contribution in [2.24, 2.45) is 5.92 Å². The first kappa shape index (κ1) is 24.5. The van der Waals surface area contributed by atoms with Crippen molar-refractivity contribution in [1.29, 1.82) is 0 Å². The Hall–Kier alpha value is -2.75. The van der Waals surface area contributed by atoms with Crippen LogP contribution < -0.4 is 10.6 Å². The fourth-order valence-corrected chi connectivity index (χ4v) is 3.11. The Balaban J connectivity index is 2.18. The summed E-state index contributed by atoms with van der Waals surface area (Å²) < 4.78 is 5.27.